The first-order valence-corrected chi connectivity index (χ1v) is 9.36. The fourth-order valence-corrected chi connectivity index (χ4v) is 4.32. The van der Waals surface area contributed by atoms with Gasteiger partial charge < -0.3 is 15.1 Å². The summed E-state index contributed by atoms with van der Waals surface area (Å²) in [6, 6.07) is 11.2. The Hall–Kier alpha value is -1.55. The lowest BCUT2D eigenvalue weighted by molar-refractivity contribution is 0.198. The van der Waals surface area contributed by atoms with E-state index < -0.39 is 0 Å². The highest BCUT2D eigenvalue weighted by atomic mass is 16.2. The lowest BCUT2D eigenvalue weighted by Crippen LogP contribution is -2.45. The molecule has 1 aliphatic heterocycles. The summed E-state index contributed by atoms with van der Waals surface area (Å²) >= 11 is 0. The molecule has 0 spiro atoms. The van der Waals surface area contributed by atoms with Gasteiger partial charge >= 0.3 is 6.03 Å². The lowest BCUT2D eigenvalue weighted by atomic mass is 9.95. The van der Waals surface area contributed by atoms with Gasteiger partial charge in [0.2, 0.25) is 0 Å². The van der Waals surface area contributed by atoms with Crippen LogP contribution in [0.2, 0.25) is 0 Å². The van der Waals surface area contributed by atoms with Crippen molar-refractivity contribution in [3.63, 3.8) is 0 Å². The molecule has 4 nitrogen and oxygen atoms in total. The number of nitrogens with one attached hydrogen (secondary N) is 1. The van der Waals surface area contributed by atoms with Crippen LogP contribution < -0.4 is 5.32 Å². The van der Waals surface area contributed by atoms with Gasteiger partial charge in [0.05, 0.1) is 0 Å². The van der Waals surface area contributed by atoms with E-state index in [0.717, 1.165) is 38.9 Å². The Morgan fingerprint density at radius 1 is 1.21 bits per heavy atom. The molecule has 1 saturated carbocycles. The molecular formula is C20H31N3O. The van der Waals surface area contributed by atoms with Crippen LogP contribution in [0.15, 0.2) is 30.3 Å². The molecule has 2 aliphatic rings. The van der Waals surface area contributed by atoms with Crippen molar-refractivity contribution in [2.24, 2.45) is 11.8 Å². The largest absolute Gasteiger partial charge is 0.335 e. The van der Waals surface area contributed by atoms with Gasteiger partial charge in [0.1, 0.15) is 0 Å². The fourth-order valence-electron chi connectivity index (χ4n) is 4.32. The zero-order valence-corrected chi connectivity index (χ0v) is 15.1. The van der Waals surface area contributed by atoms with E-state index >= 15 is 0 Å². The maximum absolute atomic E-state index is 12.6. The zero-order valence-electron chi connectivity index (χ0n) is 15.1. The van der Waals surface area contributed by atoms with Crippen LogP contribution >= 0.6 is 0 Å². The van der Waals surface area contributed by atoms with E-state index in [2.05, 4.69) is 54.6 Å². The van der Waals surface area contributed by atoms with Crippen molar-refractivity contribution in [3.05, 3.63) is 35.9 Å². The molecule has 24 heavy (non-hydrogen) atoms. The second-order valence-electron chi connectivity index (χ2n) is 7.80. The molecule has 2 amide bonds. The molecule has 1 heterocycles. The van der Waals surface area contributed by atoms with Crippen molar-refractivity contribution in [3.8, 4) is 0 Å². The summed E-state index contributed by atoms with van der Waals surface area (Å²) < 4.78 is 0. The quantitative estimate of drug-likeness (QED) is 0.901. The predicted octanol–water partition coefficient (Wildman–Crippen LogP) is 2.99. The van der Waals surface area contributed by atoms with Gasteiger partial charge in [-0.05, 0) is 57.2 Å². The van der Waals surface area contributed by atoms with Crippen molar-refractivity contribution >= 4 is 6.03 Å². The van der Waals surface area contributed by atoms with E-state index in [0.29, 0.717) is 17.9 Å². The van der Waals surface area contributed by atoms with Crippen LogP contribution in [0.3, 0.4) is 0 Å². The van der Waals surface area contributed by atoms with Crippen molar-refractivity contribution in [1.82, 2.24) is 15.1 Å². The molecule has 1 aliphatic carbocycles. The molecule has 0 radical (unpaired) electrons. The minimum Gasteiger partial charge on any atom is -0.335 e. The molecule has 1 aromatic carbocycles. The Morgan fingerprint density at radius 2 is 2.00 bits per heavy atom. The van der Waals surface area contributed by atoms with E-state index in [4.69, 9.17) is 0 Å². The van der Waals surface area contributed by atoms with E-state index in [9.17, 15) is 4.79 Å². The van der Waals surface area contributed by atoms with E-state index in [1.54, 1.807) is 0 Å². The fraction of sp³-hybridized carbons (Fsp3) is 0.650. The molecule has 1 aromatic rings. The van der Waals surface area contributed by atoms with E-state index in [-0.39, 0.29) is 6.03 Å². The third-order valence-corrected chi connectivity index (χ3v) is 5.51. The smallest absolute Gasteiger partial charge is 0.317 e. The highest BCUT2D eigenvalue weighted by molar-refractivity contribution is 5.74. The number of carbonyl (C=O) groups excluding carboxylic acids is 1. The van der Waals surface area contributed by atoms with Crippen molar-refractivity contribution in [2.75, 3.05) is 33.7 Å². The highest BCUT2D eigenvalue weighted by Crippen LogP contribution is 2.29. The van der Waals surface area contributed by atoms with Crippen LogP contribution in [-0.2, 0) is 6.42 Å². The number of nitrogens with zero attached hydrogens (tertiary/aromatic N) is 2. The van der Waals surface area contributed by atoms with E-state index in [1.807, 2.05) is 4.90 Å². The number of urea groups is 1. The molecule has 2 fully saturated rings. The first kappa shape index (κ1) is 17.3. The molecule has 0 unspecified atom stereocenters. The molecule has 0 aromatic heterocycles. The van der Waals surface area contributed by atoms with Crippen LogP contribution in [0.25, 0.3) is 0 Å². The molecule has 1 saturated heterocycles. The summed E-state index contributed by atoms with van der Waals surface area (Å²) in [6.07, 6.45) is 5.78. The van der Waals surface area contributed by atoms with Gasteiger partial charge in [-0.3, -0.25) is 0 Å². The maximum atomic E-state index is 12.6. The number of likely N-dealkylation sites (tertiary alicyclic amines) is 1. The number of amides is 2. The molecule has 0 bridgehead atoms. The summed E-state index contributed by atoms with van der Waals surface area (Å²) in [5.41, 5.74) is 1.39. The average molecular weight is 329 g/mol. The maximum Gasteiger partial charge on any atom is 0.317 e. The normalized spacial score (nSPS) is 27.0. The number of benzene rings is 1. The molecule has 1 N–H and O–H groups in total. The van der Waals surface area contributed by atoms with Crippen molar-refractivity contribution in [2.45, 2.75) is 38.1 Å². The van der Waals surface area contributed by atoms with Gasteiger partial charge in [0, 0.05) is 25.7 Å². The summed E-state index contributed by atoms with van der Waals surface area (Å²) in [7, 11) is 4.21. The highest BCUT2D eigenvalue weighted by Gasteiger charge is 2.32. The van der Waals surface area contributed by atoms with Crippen LogP contribution in [0.1, 0.15) is 31.2 Å². The third-order valence-electron chi connectivity index (χ3n) is 5.51. The van der Waals surface area contributed by atoms with Gasteiger partial charge in [0.25, 0.3) is 0 Å². The van der Waals surface area contributed by atoms with Gasteiger partial charge in [-0.2, -0.15) is 0 Å². The van der Waals surface area contributed by atoms with Crippen molar-refractivity contribution < 1.29 is 4.79 Å². The molecule has 3 rings (SSSR count). The number of rotatable bonds is 5. The Balaban J connectivity index is 1.50. The van der Waals surface area contributed by atoms with Crippen LogP contribution in [-0.4, -0.2) is 55.6 Å². The zero-order chi connectivity index (χ0) is 16.9. The SMILES string of the molecule is CN(C)C[C@@H]1CCN(C(=O)N[C@H]2CCC[C@H]2Cc2ccccc2)C1. The van der Waals surface area contributed by atoms with Crippen LogP contribution in [0.5, 0.6) is 0 Å². The topological polar surface area (TPSA) is 35.6 Å². The first-order chi connectivity index (χ1) is 11.6. The van der Waals surface area contributed by atoms with Crippen molar-refractivity contribution in [1.29, 1.82) is 0 Å². The number of carbonyl (C=O) groups is 1. The van der Waals surface area contributed by atoms with Gasteiger partial charge in [-0.25, -0.2) is 4.79 Å². The minimum atomic E-state index is 0.154. The predicted molar refractivity (Wildman–Crippen MR) is 98.0 cm³/mol. The number of hydrogen-bond acceptors (Lipinski definition) is 2. The molecule has 4 heteroatoms. The Morgan fingerprint density at radius 3 is 2.75 bits per heavy atom. The Kier molecular flexibility index (Phi) is 5.77. The molecular weight excluding hydrogens is 298 g/mol. The standard InChI is InChI=1S/C20H31N3O/c1-22(2)14-17-11-12-23(15-17)20(24)21-19-10-6-9-18(19)13-16-7-4-3-5-8-16/h3-5,7-8,17-19H,6,9-15H2,1-2H3,(H,21,24)/t17-,18-,19-/m0/s1. The third kappa shape index (κ3) is 4.50. The monoisotopic (exact) mass is 329 g/mol. The Bertz CT molecular complexity index is 531. The second kappa shape index (κ2) is 8.02. The van der Waals surface area contributed by atoms with Gasteiger partial charge in [-0.1, -0.05) is 36.8 Å². The molecule has 3 atom stereocenters. The summed E-state index contributed by atoms with van der Waals surface area (Å²) in [4.78, 5) is 16.9. The summed E-state index contributed by atoms with van der Waals surface area (Å²) in [5.74, 6) is 1.20. The van der Waals surface area contributed by atoms with Crippen LogP contribution in [0, 0.1) is 11.8 Å². The summed E-state index contributed by atoms with van der Waals surface area (Å²) in [5, 5.41) is 3.34. The lowest BCUT2D eigenvalue weighted by Gasteiger charge is -2.25. The van der Waals surface area contributed by atoms with E-state index in [1.165, 1.54) is 18.4 Å². The summed E-state index contributed by atoms with van der Waals surface area (Å²) in [6.45, 7) is 2.88. The second-order valence-corrected chi connectivity index (χ2v) is 7.80. The van der Waals surface area contributed by atoms with Gasteiger partial charge in [-0.15, -0.1) is 0 Å². The number of hydrogen-bond donors (Lipinski definition) is 1. The minimum absolute atomic E-state index is 0.154. The average Bonchev–Trinajstić information content (AvgIpc) is 3.18. The first-order valence-electron chi connectivity index (χ1n) is 9.36. The molecule has 132 valence electrons. The Labute approximate surface area is 146 Å². The van der Waals surface area contributed by atoms with Gasteiger partial charge in [0.15, 0.2) is 0 Å². The van der Waals surface area contributed by atoms with Crippen LogP contribution in [0.4, 0.5) is 4.79 Å².